The maximum atomic E-state index is 12.5. The Hall–Kier alpha value is -1.26. The molecule has 1 heterocycles. The summed E-state index contributed by atoms with van der Waals surface area (Å²) in [5, 5.41) is 11.6. The summed E-state index contributed by atoms with van der Waals surface area (Å²) in [6.45, 7) is 1.47. The fraction of sp³-hybridized carbons (Fsp3) is 0.700. The quantitative estimate of drug-likeness (QED) is 0.476. The number of Topliss-reactive ketones (excluding diaryl/α,β-unsaturated/α-hetero) is 1. The number of carbonyl (C=O) groups is 2. The van der Waals surface area contributed by atoms with Gasteiger partial charge in [-0.1, -0.05) is 15.9 Å². The van der Waals surface area contributed by atoms with Gasteiger partial charge in [-0.15, -0.1) is 11.3 Å². The number of thiazole rings is 1. The van der Waals surface area contributed by atoms with E-state index in [1.807, 2.05) is 18.4 Å². The highest BCUT2D eigenvalue weighted by molar-refractivity contribution is 9.10. The molecule has 5 nitrogen and oxygen atoms in total. The standard InChI is InChI=1S/C20H23BrN2O3S/c1-12-10-27-18(23-12)15(8-22)16(24)9-26-17(25)7-19-3-13-2-14(4-19)6-20(21,5-13)11-19/h10,13-15H,2-7,9,11H2,1H3/t13-,14-,15-,19?,20?/m1/s1. The van der Waals surface area contributed by atoms with Crippen LogP contribution in [0.2, 0.25) is 0 Å². The molecular formula is C20H23BrN2O3S. The predicted molar refractivity (Wildman–Crippen MR) is 105 cm³/mol. The largest absolute Gasteiger partial charge is 0.458 e. The monoisotopic (exact) mass is 450 g/mol. The first-order chi connectivity index (χ1) is 12.8. The second-order valence-corrected chi connectivity index (χ2v) is 11.4. The van der Waals surface area contributed by atoms with E-state index < -0.39 is 11.7 Å². The second kappa shape index (κ2) is 6.97. The van der Waals surface area contributed by atoms with Gasteiger partial charge in [-0.2, -0.15) is 5.26 Å². The van der Waals surface area contributed by atoms with E-state index in [2.05, 4.69) is 20.9 Å². The Labute approximate surface area is 171 Å². The molecule has 0 spiro atoms. The van der Waals surface area contributed by atoms with E-state index in [0.717, 1.165) is 25.0 Å². The first-order valence-electron chi connectivity index (χ1n) is 9.49. The lowest BCUT2D eigenvalue weighted by Crippen LogP contribution is -2.53. The van der Waals surface area contributed by atoms with Gasteiger partial charge in [0.25, 0.3) is 0 Å². The molecule has 1 aromatic rings. The van der Waals surface area contributed by atoms with Gasteiger partial charge >= 0.3 is 5.97 Å². The molecule has 27 heavy (non-hydrogen) atoms. The van der Waals surface area contributed by atoms with Crippen LogP contribution < -0.4 is 0 Å². The number of alkyl halides is 1. The first-order valence-corrected chi connectivity index (χ1v) is 11.2. The van der Waals surface area contributed by atoms with Crippen molar-refractivity contribution in [3.8, 4) is 6.07 Å². The third kappa shape index (κ3) is 3.84. The third-order valence-electron chi connectivity index (χ3n) is 6.34. The van der Waals surface area contributed by atoms with Crippen molar-refractivity contribution >= 4 is 39.0 Å². The van der Waals surface area contributed by atoms with Gasteiger partial charge in [0.1, 0.15) is 5.01 Å². The van der Waals surface area contributed by atoms with E-state index in [0.29, 0.717) is 23.3 Å². The number of nitriles is 1. The zero-order chi connectivity index (χ0) is 19.2. The molecule has 0 aromatic carbocycles. The van der Waals surface area contributed by atoms with Crippen molar-refractivity contribution in [2.45, 2.75) is 62.1 Å². The fourth-order valence-corrected chi connectivity index (χ4v) is 8.28. The van der Waals surface area contributed by atoms with Crippen LogP contribution in [-0.4, -0.2) is 27.7 Å². The van der Waals surface area contributed by atoms with Crippen LogP contribution in [0.5, 0.6) is 0 Å². The Morgan fingerprint density at radius 1 is 1.41 bits per heavy atom. The highest BCUT2D eigenvalue weighted by atomic mass is 79.9. The van der Waals surface area contributed by atoms with Gasteiger partial charge in [0.15, 0.2) is 18.3 Å². The predicted octanol–water partition coefficient (Wildman–Crippen LogP) is 4.30. The molecule has 4 fully saturated rings. The van der Waals surface area contributed by atoms with E-state index >= 15 is 0 Å². The number of rotatable bonds is 6. The van der Waals surface area contributed by atoms with Crippen LogP contribution in [0.3, 0.4) is 0 Å². The number of halogens is 1. The lowest BCUT2D eigenvalue weighted by atomic mass is 9.49. The topological polar surface area (TPSA) is 80.0 Å². The van der Waals surface area contributed by atoms with E-state index in [4.69, 9.17) is 4.74 Å². The number of ether oxygens (including phenoxy) is 1. The van der Waals surface area contributed by atoms with Gasteiger partial charge in [0, 0.05) is 15.4 Å². The van der Waals surface area contributed by atoms with Gasteiger partial charge in [-0.25, -0.2) is 4.98 Å². The number of hydrogen-bond donors (Lipinski definition) is 0. The molecule has 0 amide bonds. The van der Waals surface area contributed by atoms with E-state index in [1.54, 1.807) is 0 Å². The normalized spacial score (nSPS) is 34.9. The average Bonchev–Trinajstić information content (AvgIpc) is 2.97. The molecule has 0 radical (unpaired) electrons. The number of aromatic nitrogens is 1. The molecule has 3 atom stereocenters. The van der Waals surface area contributed by atoms with Crippen molar-refractivity contribution in [3.05, 3.63) is 16.1 Å². The molecule has 4 bridgehead atoms. The molecule has 0 saturated heterocycles. The average molecular weight is 451 g/mol. The van der Waals surface area contributed by atoms with Crippen molar-refractivity contribution in [2.24, 2.45) is 17.3 Å². The Morgan fingerprint density at radius 2 is 2.11 bits per heavy atom. The molecule has 144 valence electrons. The molecule has 1 aromatic heterocycles. The van der Waals surface area contributed by atoms with E-state index in [1.165, 1.54) is 30.6 Å². The minimum atomic E-state index is -0.957. The minimum absolute atomic E-state index is 0.0226. The Kier molecular flexibility index (Phi) is 4.92. The summed E-state index contributed by atoms with van der Waals surface area (Å²) in [5.74, 6) is -0.259. The Bertz CT molecular complexity index is 800. The van der Waals surface area contributed by atoms with Crippen LogP contribution >= 0.6 is 27.3 Å². The van der Waals surface area contributed by atoms with Crippen molar-refractivity contribution in [1.82, 2.24) is 4.98 Å². The summed E-state index contributed by atoms with van der Waals surface area (Å²) in [7, 11) is 0. The van der Waals surface area contributed by atoms with Crippen LogP contribution in [-0.2, 0) is 14.3 Å². The molecule has 5 rings (SSSR count). The number of ketones is 1. The highest BCUT2D eigenvalue weighted by Crippen LogP contribution is 2.65. The van der Waals surface area contributed by atoms with Crippen molar-refractivity contribution in [3.63, 3.8) is 0 Å². The zero-order valence-corrected chi connectivity index (χ0v) is 17.8. The van der Waals surface area contributed by atoms with Gasteiger partial charge in [-0.3, -0.25) is 9.59 Å². The van der Waals surface area contributed by atoms with Gasteiger partial charge in [0.2, 0.25) is 0 Å². The highest BCUT2D eigenvalue weighted by Gasteiger charge is 2.57. The molecule has 0 N–H and O–H groups in total. The Morgan fingerprint density at radius 3 is 2.67 bits per heavy atom. The number of hydrogen-bond acceptors (Lipinski definition) is 6. The summed E-state index contributed by atoms with van der Waals surface area (Å²) in [6.07, 6.45) is 7.33. The minimum Gasteiger partial charge on any atom is -0.458 e. The van der Waals surface area contributed by atoms with Crippen molar-refractivity contribution in [2.75, 3.05) is 6.61 Å². The second-order valence-electron chi connectivity index (χ2n) is 8.80. The zero-order valence-electron chi connectivity index (χ0n) is 15.4. The third-order valence-corrected chi connectivity index (χ3v) is 8.30. The molecule has 4 saturated carbocycles. The smallest absolute Gasteiger partial charge is 0.306 e. The lowest BCUT2D eigenvalue weighted by molar-refractivity contribution is -0.154. The maximum absolute atomic E-state index is 12.5. The van der Waals surface area contributed by atoms with Crippen LogP contribution in [0.15, 0.2) is 5.38 Å². The summed E-state index contributed by atoms with van der Waals surface area (Å²) in [6, 6.07) is 1.99. The van der Waals surface area contributed by atoms with Gasteiger partial charge in [-0.05, 0) is 62.7 Å². The van der Waals surface area contributed by atoms with Gasteiger partial charge in [0.05, 0.1) is 12.5 Å². The van der Waals surface area contributed by atoms with E-state index in [9.17, 15) is 14.9 Å². The molecule has 7 heteroatoms. The Balaban J connectivity index is 1.35. The van der Waals surface area contributed by atoms with Crippen LogP contribution in [0, 0.1) is 35.5 Å². The number of carbonyl (C=O) groups excluding carboxylic acids is 2. The number of esters is 1. The van der Waals surface area contributed by atoms with Gasteiger partial charge < -0.3 is 4.74 Å². The number of nitrogens with zero attached hydrogens (tertiary/aromatic N) is 2. The van der Waals surface area contributed by atoms with Crippen molar-refractivity contribution in [1.29, 1.82) is 5.26 Å². The lowest BCUT2D eigenvalue weighted by Gasteiger charge is -2.60. The summed E-state index contributed by atoms with van der Waals surface area (Å²) < 4.78 is 5.51. The van der Waals surface area contributed by atoms with Crippen molar-refractivity contribution < 1.29 is 14.3 Å². The summed E-state index contributed by atoms with van der Waals surface area (Å²) in [5.41, 5.74) is 0.806. The molecule has 0 unspecified atom stereocenters. The summed E-state index contributed by atoms with van der Waals surface area (Å²) in [4.78, 5) is 29.1. The molecular weight excluding hydrogens is 428 g/mol. The molecule has 4 aliphatic rings. The van der Waals surface area contributed by atoms with Crippen LogP contribution in [0.1, 0.15) is 61.6 Å². The first kappa shape index (κ1) is 19.1. The maximum Gasteiger partial charge on any atom is 0.306 e. The number of aryl methyl sites for hydroxylation is 1. The molecule has 0 aliphatic heterocycles. The molecule has 4 aliphatic carbocycles. The van der Waals surface area contributed by atoms with Crippen LogP contribution in [0.25, 0.3) is 0 Å². The van der Waals surface area contributed by atoms with E-state index in [-0.39, 0.29) is 22.3 Å². The van der Waals surface area contributed by atoms with Crippen LogP contribution in [0.4, 0.5) is 0 Å². The SMILES string of the molecule is Cc1csc([C@H](C#N)C(=O)COC(=O)CC23C[C@H]4C[C@@H](CC(Br)(C4)C2)C3)n1. The summed E-state index contributed by atoms with van der Waals surface area (Å²) >= 11 is 5.24. The fourth-order valence-electron chi connectivity index (χ4n) is 5.90.